The van der Waals surface area contributed by atoms with Crippen molar-refractivity contribution in [2.24, 2.45) is 7.05 Å². The highest BCUT2D eigenvalue weighted by molar-refractivity contribution is 5.80. The summed E-state index contributed by atoms with van der Waals surface area (Å²) in [5.41, 5.74) is 3.69. The van der Waals surface area contributed by atoms with Gasteiger partial charge in [0.15, 0.2) is 0 Å². The third kappa shape index (κ3) is 1.91. The lowest BCUT2D eigenvalue weighted by Crippen LogP contribution is -2.29. The maximum atomic E-state index is 4.57. The van der Waals surface area contributed by atoms with E-state index in [0.717, 1.165) is 25.2 Å². The number of fused-ring (bicyclic) bond motifs is 1. The van der Waals surface area contributed by atoms with Gasteiger partial charge in [-0.05, 0) is 38.7 Å². The minimum atomic E-state index is 0.422. The van der Waals surface area contributed by atoms with E-state index in [1.807, 2.05) is 12.3 Å². The third-order valence-electron chi connectivity index (χ3n) is 3.87. The van der Waals surface area contributed by atoms with E-state index in [2.05, 4.69) is 46.1 Å². The number of pyridine rings is 1. The Hall–Kier alpha value is -1.39. The Morgan fingerprint density at radius 1 is 1.39 bits per heavy atom. The number of hydrogen-bond donors (Lipinski definition) is 1. The molecule has 96 valence electrons. The zero-order valence-corrected chi connectivity index (χ0v) is 11.1. The fourth-order valence-corrected chi connectivity index (χ4v) is 2.84. The maximum absolute atomic E-state index is 4.57. The predicted octanol–water partition coefficient (Wildman–Crippen LogP) is 1.54. The van der Waals surface area contributed by atoms with Gasteiger partial charge in [-0.1, -0.05) is 0 Å². The molecule has 1 saturated heterocycles. The van der Waals surface area contributed by atoms with Crippen LogP contribution >= 0.6 is 0 Å². The monoisotopic (exact) mass is 244 g/mol. The van der Waals surface area contributed by atoms with Crippen molar-refractivity contribution < 1.29 is 0 Å². The number of rotatable bonds is 1. The van der Waals surface area contributed by atoms with Gasteiger partial charge in [-0.3, -0.25) is 9.88 Å². The van der Waals surface area contributed by atoms with Gasteiger partial charge in [0.2, 0.25) is 0 Å². The van der Waals surface area contributed by atoms with E-state index in [1.54, 1.807) is 0 Å². The standard InChI is InChI=1S/C14H20N4/c1-17-8-4-6-15-9-13(17)11-10-18(2)12-5-3-7-16-14(11)12/h3,5,7,10,13,15H,4,6,8-9H2,1-2H3. The number of aromatic nitrogens is 2. The lowest BCUT2D eigenvalue weighted by molar-refractivity contribution is 0.262. The van der Waals surface area contributed by atoms with Crippen LogP contribution in [0.4, 0.5) is 0 Å². The van der Waals surface area contributed by atoms with E-state index >= 15 is 0 Å². The second kappa shape index (κ2) is 4.71. The van der Waals surface area contributed by atoms with Crippen molar-refractivity contribution in [1.29, 1.82) is 0 Å². The summed E-state index contributed by atoms with van der Waals surface area (Å²) < 4.78 is 2.18. The van der Waals surface area contributed by atoms with Gasteiger partial charge in [0.05, 0.1) is 17.1 Å². The zero-order valence-electron chi connectivity index (χ0n) is 11.1. The first-order chi connectivity index (χ1) is 8.77. The van der Waals surface area contributed by atoms with Crippen LogP contribution in [0.1, 0.15) is 18.0 Å². The number of likely N-dealkylation sites (N-methyl/N-ethyl adjacent to an activating group) is 1. The highest BCUT2D eigenvalue weighted by Crippen LogP contribution is 2.28. The van der Waals surface area contributed by atoms with Crippen LogP contribution in [0.15, 0.2) is 24.5 Å². The topological polar surface area (TPSA) is 33.1 Å². The highest BCUT2D eigenvalue weighted by Gasteiger charge is 2.23. The summed E-state index contributed by atoms with van der Waals surface area (Å²) in [6.45, 7) is 3.26. The highest BCUT2D eigenvalue weighted by atomic mass is 15.2. The summed E-state index contributed by atoms with van der Waals surface area (Å²) in [5.74, 6) is 0. The minimum Gasteiger partial charge on any atom is -0.349 e. The smallest absolute Gasteiger partial charge is 0.0929 e. The van der Waals surface area contributed by atoms with E-state index in [-0.39, 0.29) is 0 Å². The van der Waals surface area contributed by atoms with Gasteiger partial charge in [-0.25, -0.2) is 0 Å². The molecular formula is C14H20N4. The van der Waals surface area contributed by atoms with Gasteiger partial charge < -0.3 is 9.88 Å². The largest absolute Gasteiger partial charge is 0.349 e. The molecular weight excluding hydrogens is 224 g/mol. The Morgan fingerprint density at radius 2 is 2.28 bits per heavy atom. The van der Waals surface area contributed by atoms with Crippen molar-refractivity contribution in [1.82, 2.24) is 19.8 Å². The Morgan fingerprint density at radius 3 is 3.17 bits per heavy atom. The molecule has 0 radical (unpaired) electrons. The molecule has 1 N–H and O–H groups in total. The van der Waals surface area contributed by atoms with Crippen LogP contribution in [0.25, 0.3) is 11.0 Å². The summed E-state index contributed by atoms with van der Waals surface area (Å²) in [6, 6.07) is 4.56. The summed E-state index contributed by atoms with van der Waals surface area (Å²) in [7, 11) is 4.30. The van der Waals surface area contributed by atoms with E-state index in [4.69, 9.17) is 0 Å². The molecule has 1 unspecified atom stereocenters. The van der Waals surface area contributed by atoms with Crippen LogP contribution in [0.3, 0.4) is 0 Å². The van der Waals surface area contributed by atoms with E-state index in [1.165, 1.54) is 17.5 Å². The molecule has 4 heteroatoms. The molecule has 3 rings (SSSR count). The Balaban J connectivity index is 2.07. The van der Waals surface area contributed by atoms with Crippen LogP contribution in [0.5, 0.6) is 0 Å². The molecule has 0 aliphatic carbocycles. The van der Waals surface area contributed by atoms with Gasteiger partial charge in [-0.2, -0.15) is 0 Å². The fraction of sp³-hybridized carbons (Fsp3) is 0.500. The number of aryl methyl sites for hydroxylation is 1. The summed E-state index contributed by atoms with van der Waals surface area (Å²) in [4.78, 5) is 7.00. The normalized spacial score (nSPS) is 22.2. The Bertz CT molecular complexity index is 546. The first-order valence-corrected chi connectivity index (χ1v) is 6.58. The average Bonchev–Trinajstić information content (AvgIpc) is 2.57. The first-order valence-electron chi connectivity index (χ1n) is 6.58. The van der Waals surface area contributed by atoms with Crippen molar-refractivity contribution in [2.45, 2.75) is 12.5 Å². The summed E-state index contributed by atoms with van der Waals surface area (Å²) in [6.07, 6.45) is 5.33. The molecule has 1 fully saturated rings. The summed E-state index contributed by atoms with van der Waals surface area (Å²) >= 11 is 0. The quantitative estimate of drug-likeness (QED) is 0.826. The van der Waals surface area contributed by atoms with Crippen molar-refractivity contribution in [3.05, 3.63) is 30.1 Å². The van der Waals surface area contributed by atoms with Gasteiger partial charge in [0.1, 0.15) is 0 Å². The molecule has 0 aromatic carbocycles. The minimum absolute atomic E-state index is 0.422. The van der Waals surface area contributed by atoms with Crippen LogP contribution < -0.4 is 5.32 Å². The fourth-order valence-electron chi connectivity index (χ4n) is 2.84. The van der Waals surface area contributed by atoms with Gasteiger partial charge in [0, 0.05) is 31.5 Å². The maximum Gasteiger partial charge on any atom is 0.0929 e. The van der Waals surface area contributed by atoms with Gasteiger partial charge in [0.25, 0.3) is 0 Å². The van der Waals surface area contributed by atoms with Crippen LogP contribution in [0.2, 0.25) is 0 Å². The number of nitrogens with zero attached hydrogens (tertiary/aromatic N) is 3. The van der Waals surface area contributed by atoms with Crippen molar-refractivity contribution in [3.63, 3.8) is 0 Å². The molecule has 2 aromatic rings. The van der Waals surface area contributed by atoms with Gasteiger partial charge >= 0.3 is 0 Å². The predicted molar refractivity (Wildman–Crippen MR) is 73.6 cm³/mol. The van der Waals surface area contributed by atoms with E-state index in [0.29, 0.717) is 6.04 Å². The van der Waals surface area contributed by atoms with Crippen molar-refractivity contribution in [2.75, 3.05) is 26.7 Å². The van der Waals surface area contributed by atoms with Crippen molar-refractivity contribution >= 4 is 11.0 Å². The van der Waals surface area contributed by atoms with Crippen LogP contribution in [-0.4, -0.2) is 41.1 Å². The Labute approximate surface area is 108 Å². The molecule has 18 heavy (non-hydrogen) atoms. The van der Waals surface area contributed by atoms with E-state index in [9.17, 15) is 0 Å². The molecule has 0 amide bonds. The van der Waals surface area contributed by atoms with Crippen LogP contribution in [0, 0.1) is 0 Å². The second-order valence-corrected chi connectivity index (χ2v) is 5.12. The zero-order chi connectivity index (χ0) is 12.5. The molecule has 4 nitrogen and oxygen atoms in total. The molecule has 2 aromatic heterocycles. The SMILES string of the molecule is CN1CCCNCC1c1cn(C)c2cccnc12. The molecule has 1 aliphatic heterocycles. The first kappa shape index (κ1) is 11.7. The molecule has 0 bridgehead atoms. The molecule has 0 saturated carbocycles. The lowest BCUT2D eigenvalue weighted by Gasteiger charge is -2.24. The average molecular weight is 244 g/mol. The summed E-state index contributed by atoms with van der Waals surface area (Å²) in [5, 5.41) is 3.52. The second-order valence-electron chi connectivity index (χ2n) is 5.12. The molecule has 3 heterocycles. The van der Waals surface area contributed by atoms with E-state index < -0.39 is 0 Å². The van der Waals surface area contributed by atoms with Crippen LogP contribution in [-0.2, 0) is 7.05 Å². The molecule has 1 atom stereocenters. The number of hydrogen-bond acceptors (Lipinski definition) is 3. The number of nitrogens with one attached hydrogen (secondary N) is 1. The Kier molecular flexibility index (Phi) is 3.06. The van der Waals surface area contributed by atoms with Crippen molar-refractivity contribution in [3.8, 4) is 0 Å². The van der Waals surface area contributed by atoms with Gasteiger partial charge in [-0.15, -0.1) is 0 Å². The third-order valence-corrected chi connectivity index (χ3v) is 3.87. The molecule has 1 aliphatic rings. The lowest BCUT2D eigenvalue weighted by atomic mass is 10.1. The molecule has 0 spiro atoms.